The van der Waals surface area contributed by atoms with Gasteiger partial charge < -0.3 is 14.7 Å². The van der Waals surface area contributed by atoms with Crippen molar-refractivity contribution in [2.45, 2.75) is 49.1 Å². The first-order valence-corrected chi connectivity index (χ1v) is 9.01. The van der Waals surface area contributed by atoms with E-state index in [4.69, 9.17) is 9.57 Å². The summed E-state index contributed by atoms with van der Waals surface area (Å²) in [6.45, 7) is 5.82. The summed E-state index contributed by atoms with van der Waals surface area (Å²) in [4.78, 5) is 30.6. The summed E-state index contributed by atoms with van der Waals surface area (Å²) in [5, 5.41) is 9.16. The maximum atomic E-state index is 12.3. The number of amides is 1. The van der Waals surface area contributed by atoms with Gasteiger partial charge in [-0.25, -0.2) is 4.79 Å². The molecule has 0 aliphatic carbocycles. The minimum absolute atomic E-state index is 0.194. The van der Waals surface area contributed by atoms with Gasteiger partial charge in [-0.1, -0.05) is 18.2 Å². The number of fused-ring (bicyclic) bond motifs is 1. The van der Waals surface area contributed by atoms with Gasteiger partial charge in [0.2, 0.25) is 5.91 Å². The van der Waals surface area contributed by atoms with E-state index in [0.717, 1.165) is 5.75 Å². The molecule has 25 heavy (non-hydrogen) atoms. The second-order valence-corrected chi connectivity index (χ2v) is 8.52. The Labute approximate surface area is 150 Å². The third-order valence-corrected chi connectivity index (χ3v) is 5.86. The monoisotopic (exact) mass is 366 g/mol. The predicted octanol–water partition coefficient (Wildman–Crippen LogP) is 1.49. The molecule has 0 radical (unpaired) electrons. The summed E-state index contributed by atoms with van der Waals surface area (Å²) in [5.74, 6) is -0.466. The highest BCUT2D eigenvalue weighted by molar-refractivity contribution is 8.01. The lowest BCUT2D eigenvalue weighted by atomic mass is 9.96. The molecule has 1 aromatic carbocycles. The molecular weight excluding hydrogens is 344 g/mol. The summed E-state index contributed by atoms with van der Waals surface area (Å²) < 4.78 is 5.16. The predicted molar refractivity (Wildman–Crippen MR) is 93.1 cm³/mol. The average Bonchev–Trinajstić information content (AvgIpc) is 2.80. The van der Waals surface area contributed by atoms with Crippen LogP contribution in [0.25, 0.3) is 0 Å². The topological polar surface area (TPSA) is 88.1 Å². The van der Waals surface area contributed by atoms with E-state index in [-0.39, 0.29) is 24.0 Å². The summed E-state index contributed by atoms with van der Waals surface area (Å²) in [6, 6.07) is 8.07. The van der Waals surface area contributed by atoms with Gasteiger partial charge >= 0.3 is 5.97 Å². The molecule has 2 saturated heterocycles. The molecule has 2 heterocycles. The van der Waals surface area contributed by atoms with Gasteiger partial charge in [0.15, 0.2) is 0 Å². The second-order valence-electron chi connectivity index (χ2n) is 6.75. The Morgan fingerprint density at radius 3 is 2.72 bits per heavy atom. The number of carbonyl (C=O) groups is 2. The third-order valence-electron chi connectivity index (χ3n) is 4.28. The number of thioether (sulfide) groups is 1. The van der Waals surface area contributed by atoms with Crippen molar-refractivity contribution < 1.29 is 24.3 Å². The SMILES string of the molecule is CC(CONC1C(=O)N2C1SC(C)(C)C2C(=O)O)Oc1ccccc1. The van der Waals surface area contributed by atoms with Gasteiger partial charge in [-0.15, -0.1) is 11.8 Å². The molecule has 0 aromatic heterocycles. The quantitative estimate of drug-likeness (QED) is 0.558. The minimum Gasteiger partial charge on any atom is -0.488 e. The van der Waals surface area contributed by atoms with Crippen LogP contribution in [0.15, 0.2) is 30.3 Å². The smallest absolute Gasteiger partial charge is 0.327 e. The number of hydroxylamine groups is 1. The van der Waals surface area contributed by atoms with Crippen molar-refractivity contribution in [3.05, 3.63) is 30.3 Å². The van der Waals surface area contributed by atoms with Gasteiger partial charge in [-0.05, 0) is 32.9 Å². The van der Waals surface area contributed by atoms with Crippen LogP contribution in [0.4, 0.5) is 0 Å². The fourth-order valence-corrected chi connectivity index (χ4v) is 4.75. The number of hydrogen-bond acceptors (Lipinski definition) is 6. The van der Waals surface area contributed by atoms with E-state index >= 15 is 0 Å². The summed E-state index contributed by atoms with van der Waals surface area (Å²) in [6.07, 6.45) is -0.194. The molecule has 2 aliphatic rings. The zero-order valence-corrected chi connectivity index (χ0v) is 15.2. The molecule has 4 unspecified atom stereocenters. The van der Waals surface area contributed by atoms with Crippen LogP contribution < -0.4 is 10.2 Å². The first-order chi connectivity index (χ1) is 11.8. The molecule has 2 N–H and O–H groups in total. The molecule has 2 aliphatic heterocycles. The lowest BCUT2D eigenvalue weighted by molar-refractivity contribution is -0.166. The number of nitrogens with zero attached hydrogens (tertiary/aromatic N) is 1. The van der Waals surface area contributed by atoms with Crippen molar-refractivity contribution in [1.82, 2.24) is 10.4 Å². The van der Waals surface area contributed by atoms with Crippen molar-refractivity contribution in [1.29, 1.82) is 0 Å². The van der Waals surface area contributed by atoms with Crippen LogP contribution >= 0.6 is 11.8 Å². The van der Waals surface area contributed by atoms with Gasteiger partial charge in [0.1, 0.15) is 35.9 Å². The fraction of sp³-hybridized carbons (Fsp3) is 0.529. The van der Waals surface area contributed by atoms with E-state index in [1.54, 1.807) is 0 Å². The fourth-order valence-electron chi connectivity index (χ4n) is 3.14. The Morgan fingerprint density at radius 2 is 2.08 bits per heavy atom. The zero-order chi connectivity index (χ0) is 18.2. The normalized spacial score (nSPS) is 28.2. The molecule has 3 rings (SSSR count). The number of para-hydroxylation sites is 1. The van der Waals surface area contributed by atoms with E-state index in [1.165, 1.54) is 16.7 Å². The average molecular weight is 366 g/mol. The summed E-state index contributed by atoms with van der Waals surface area (Å²) in [7, 11) is 0. The Morgan fingerprint density at radius 1 is 1.40 bits per heavy atom. The molecule has 7 nitrogen and oxygen atoms in total. The maximum absolute atomic E-state index is 12.3. The van der Waals surface area contributed by atoms with Crippen molar-refractivity contribution >= 4 is 23.6 Å². The van der Waals surface area contributed by atoms with Crippen LogP contribution in [0, 0.1) is 0 Å². The number of carboxylic acids is 1. The molecule has 0 saturated carbocycles. The van der Waals surface area contributed by atoms with E-state index < -0.39 is 22.8 Å². The number of nitrogens with one attached hydrogen (secondary N) is 1. The van der Waals surface area contributed by atoms with Crippen molar-refractivity contribution in [2.24, 2.45) is 0 Å². The molecule has 136 valence electrons. The van der Waals surface area contributed by atoms with Gasteiger partial charge in [0, 0.05) is 4.75 Å². The summed E-state index contributed by atoms with van der Waals surface area (Å²) >= 11 is 1.48. The van der Waals surface area contributed by atoms with E-state index in [0.29, 0.717) is 0 Å². The molecular formula is C17H22N2O5S. The Hall–Kier alpha value is -1.77. The van der Waals surface area contributed by atoms with Crippen LogP contribution in [0.3, 0.4) is 0 Å². The van der Waals surface area contributed by atoms with Gasteiger partial charge in [0.05, 0.1) is 0 Å². The second kappa shape index (κ2) is 6.86. The van der Waals surface area contributed by atoms with Crippen LogP contribution in [0.1, 0.15) is 20.8 Å². The lowest BCUT2D eigenvalue weighted by Crippen LogP contribution is -2.70. The van der Waals surface area contributed by atoms with Crippen LogP contribution in [0.2, 0.25) is 0 Å². The van der Waals surface area contributed by atoms with E-state index in [2.05, 4.69) is 5.48 Å². The van der Waals surface area contributed by atoms with Crippen LogP contribution in [0.5, 0.6) is 5.75 Å². The molecule has 8 heteroatoms. The van der Waals surface area contributed by atoms with E-state index in [9.17, 15) is 14.7 Å². The number of aliphatic carboxylic acids is 1. The number of β-lactam (4-membered cyclic amide) rings is 1. The number of hydrogen-bond donors (Lipinski definition) is 2. The third kappa shape index (κ3) is 3.47. The minimum atomic E-state index is -0.974. The number of carbonyl (C=O) groups excluding carboxylic acids is 1. The molecule has 1 aromatic rings. The molecule has 4 atom stereocenters. The number of benzene rings is 1. The molecule has 1 amide bonds. The van der Waals surface area contributed by atoms with Crippen molar-refractivity contribution in [3.63, 3.8) is 0 Å². The van der Waals surface area contributed by atoms with Gasteiger partial charge in [-0.3, -0.25) is 9.63 Å². The first kappa shape index (κ1) is 18.0. The summed E-state index contributed by atoms with van der Waals surface area (Å²) in [5.41, 5.74) is 2.77. The first-order valence-electron chi connectivity index (χ1n) is 8.13. The van der Waals surface area contributed by atoms with Crippen LogP contribution in [-0.4, -0.2) is 56.8 Å². The van der Waals surface area contributed by atoms with Crippen molar-refractivity contribution in [2.75, 3.05) is 6.61 Å². The highest BCUT2D eigenvalue weighted by atomic mass is 32.2. The number of carboxylic acid groups (broad SMARTS) is 1. The van der Waals surface area contributed by atoms with Crippen LogP contribution in [-0.2, 0) is 14.4 Å². The van der Waals surface area contributed by atoms with Gasteiger partial charge in [0.25, 0.3) is 0 Å². The zero-order valence-electron chi connectivity index (χ0n) is 14.3. The van der Waals surface area contributed by atoms with E-state index in [1.807, 2.05) is 51.1 Å². The highest BCUT2D eigenvalue weighted by Crippen LogP contribution is 2.50. The largest absolute Gasteiger partial charge is 0.488 e. The molecule has 2 fully saturated rings. The number of rotatable bonds is 7. The van der Waals surface area contributed by atoms with Gasteiger partial charge in [-0.2, -0.15) is 5.48 Å². The molecule has 0 spiro atoms. The lowest BCUT2D eigenvalue weighted by Gasteiger charge is -2.43. The highest BCUT2D eigenvalue weighted by Gasteiger charge is 2.64. The Kier molecular flexibility index (Phi) is 4.95. The molecule has 0 bridgehead atoms. The standard InChI is InChI=1S/C17H22N2O5S/c1-10(24-11-7-5-4-6-8-11)9-23-18-12-14(20)19-13(16(21)22)17(2,3)25-15(12)19/h4-8,10,12-13,15,18H,9H2,1-3H3,(H,21,22). The number of ether oxygens (including phenoxy) is 1. The Balaban J connectivity index is 1.49. The van der Waals surface area contributed by atoms with Crippen molar-refractivity contribution in [3.8, 4) is 5.75 Å². The maximum Gasteiger partial charge on any atom is 0.327 e. The Bertz CT molecular complexity index is 654.